The Morgan fingerprint density at radius 2 is 2.10 bits per heavy atom. The molecule has 112 valence electrons. The van der Waals surface area contributed by atoms with Crippen LogP contribution >= 0.6 is 15.9 Å². The predicted molar refractivity (Wildman–Crippen MR) is 82.4 cm³/mol. The van der Waals surface area contributed by atoms with Crippen molar-refractivity contribution in [2.75, 3.05) is 0 Å². The molecule has 0 bridgehead atoms. The summed E-state index contributed by atoms with van der Waals surface area (Å²) in [4.78, 5) is 23.6. The summed E-state index contributed by atoms with van der Waals surface area (Å²) in [6.07, 6.45) is 0.277. The Kier molecular flexibility index (Phi) is 4.09. The van der Waals surface area contributed by atoms with Crippen molar-refractivity contribution in [3.63, 3.8) is 0 Å². The van der Waals surface area contributed by atoms with E-state index in [0.29, 0.717) is 11.1 Å². The summed E-state index contributed by atoms with van der Waals surface area (Å²) >= 11 is 3.37. The summed E-state index contributed by atoms with van der Waals surface area (Å²) < 4.78 is 6.44. The van der Waals surface area contributed by atoms with E-state index in [1.807, 2.05) is 12.1 Å². The Labute approximate surface area is 130 Å². The number of hydrogen-bond donors (Lipinski definition) is 2. The monoisotopic (exact) mass is 353 g/mol. The number of carboxylic acids is 1. The third kappa shape index (κ3) is 2.81. The predicted octanol–water partition coefficient (Wildman–Crippen LogP) is 3.49. The number of amides is 1. The number of furan rings is 1. The van der Waals surface area contributed by atoms with E-state index in [1.165, 1.54) is 6.92 Å². The van der Waals surface area contributed by atoms with Gasteiger partial charge in [-0.2, -0.15) is 0 Å². The molecule has 0 aliphatic carbocycles. The van der Waals surface area contributed by atoms with Crippen LogP contribution in [-0.2, 0) is 4.79 Å². The highest BCUT2D eigenvalue weighted by Gasteiger charge is 2.34. The Morgan fingerprint density at radius 1 is 1.43 bits per heavy atom. The molecule has 21 heavy (non-hydrogen) atoms. The molecule has 1 atom stereocenters. The average Bonchev–Trinajstić information content (AvgIpc) is 2.75. The summed E-state index contributed by atoms with van der Waals surface area (Å²) in [5, 5.41) is 12.6. The lowest BCUT2D eigenvalue weighted by Crippen LogP contribution is -2.51. The smallest absolute Gasteiger partial charge is 0.329 e. The quantitative estimate of drug-likeness (QED) is 0.881. The molecule has 0 aliphatic rings. The molecule has 0 fully saturated rings. The number of hydrogen-bond acceptors (Lipinski definition) is 3. The van der Waals surface area contributed by atoms with Gasteiger partial charge in [0.05, 0.1) is 0 Å². The summed E-state index contributed by atoms with van der Waals surface area (Å²) in [7, 11) is 0. The Hall–Kier alpha value is -1.82. The van der Waals surface area contributed by atoms with Gasteiger partial charge in [-0.25, -0.2) is 4.79 Å². The number of halogens is 1. The standard InChI is InChI=1S/C15H16BrNO4/c1-4-15(3,14(19)20)17-13(18)12-8(2)10-7-9(16)5-6-11(10)21-12/h5-7H,4H2,1-3H3,(H,17,18)(H,19,20). The molecule has 1 heterocycles. The molecule has 2 rings (SSSR count). The van der Waals surface area contributed by atoms with E-state index >= 15 is 0 Å². The fourth-order valence-corrected chi connectivity index (χ4v) is 2.37. The third-order valence-corrected chi connectivity index (χ3v) is 4.17. The molecule has 0 radical (unpaired) electrons. The second-order valence-corrected chi connectivity index (χ2v) is 6.06. The molecule has 1 aromatic heterocycles. The van der Waals surface area contributed by atoms with Gasteiger partial charge in [0, 0.05) is 15.4 Å². The van der Waals surface area contributed by atoms with Crippen molar-refractivity contribution in [2.24, 2.45) is 0 Å². The first kappa shape index (κ1) is 15.6. The zero-order chi connectivity index (χ0) is 15.8. The van der Waals surface area contributed by atoms with Gasteiger partial charge in [-0.1, -0.05) is 22.9 Å². The first-order chi connectivity index (χ1) is 9.78. The molecule has 2 N–H and O–H groups in total. The fourth-order valence-electron chi connectivity index (χ4n) is 2.01. The maximum atomic E-state index is 12.3. The summed E-state index contributed by atoms with van der Waals surface area (Å²) in [6.45, 7) is 4.95. The number of carboxylic acid groups (broad SMARTS) is 1. The molecule has 0 saturated heterocycles. The molecular formula is C15H16BrNO4. The number of nitrogens with one attached hydrogen (secondary N) is 1. The first-order valence-electron chi connectivity index (χ1n) is 6.53. The maximum Gasteiger partial charge on any atom is 0.329 e. The van der Waals surface area contributed by atoms with E-state index in [4.69, 9.17) is 4.42 Å². The van der Waals surface area contributed by atoms with Crippen molar-refractivity contribution in [1.29, 1.82) is 0 Å². The molecule has 1 amide bonds. The van der Waals surface area contributed by atoms with Gasteiger partial charge in [-0.15, -0.1) is 0 Å². The van der Waals surface area contributed by atoms with Gasteiger partial charge in [0.25, 0.3) is 5.91 Å². The topological polar surface area (TPSA) is 79.5 Å². The van der Waals surface area contributed by atoms with Gasteiger partial charge in [0.2, 0.25) is 0 Å². The van der Waals surface area contributed by atoms with E-state index < -0.39 is 17.4 Å². The van der Waals surface area contributed by atoms with Gasteiger partial charge in [0.15, 0.2) is 5.76 Å². The van der Waals surface area contributed by atoms with Crippen molar-refractivity contribution in [3.05, 3.63) is 34.0 Å². The van der Waals surface area contributed by atoms with Gasteiger partial charge in [0.1, 0.15) is 11.1 Å². The van der Waals surface area contributed by atoms with Gasteiger partial charge in [-0.05, 0) is 38.5 Å². The van der Waals surface area contributed by atoms with Crippen LogP contribution in [0.15, 0.2) is 27.1 Å². The van der Waals surface area contributed by atoms with Crippen molar-refractivity contribution in [1.82, 2.24) is 5.32 Å². The number of benzene rings is 1. The van der Waals surface area contributed by atoms with E-state index in [0.717, 1.165) is 9.86 Å². The number of carbonyl (C=O) groups excluding carboxylic acids is 1. The summed E-state index contributed by atoms with van der Waals surface area (Å²) in [6, 6.07) is 5.45. The second kappa shape index (κ2) is 5.52. The van der Waals surface area contributed by atoms with E-state index in [9.17, 15) is 14.7 Å². The minimum Gasteiger partial charge on any atom is -0.480 e. The number of aliphatic carboxylic acids is 1. The van der Waals surface area contributed by atoms with Crippen LogP contribution in [0.1, 0.15) is 36.4 Å². The van der Waals surface area contributed by atoms with Crippen LogP contribution in [0.25, 0.3) is 11.0 Å². The van der Waals surface area contributed by atoms with Crippen LogP contribution in [0.3, 0.4) is 0 Å². The van der Waals surface area contributed by atoms with E-state index in [1.54, 1.807) is 19.9 Å². The van der Waals surface area contributed by atoms with Crippen LogP contribution in [0.4, 0.5) is 0 Å². The lowest BCUT2D eigenvalue weighted by molar-refractivity contribution is -0.143. The molecule has 0 spiro atoms. The summed E-state index contributed by atoms with van der Waals surface area (Å²) in [5.41, 5.74) is -0.0367. The van der Waals surface area contributed by atoms with E-state index in [-0.39, 0.29) is 12.2 Å². The van der Waals surface area contributed by atoms with Crippen LogP contribution in [0, 0.1) is 6.92 Å². The lowest BCUT2D eigenvalue weighted by Gasteiger charge is -2.24. The SMILES string of the molecule is CCC(C)(NC(=O)c1oc2ccc(Br)cc2c1C)C(=O)O. The Balaban J connectivity index is 2.40. The van der Waals surface area contributed by atoms with Crippen LogP contribution in [-0.4, -0.2) is 22.5 Å². The zero-order valence-corrected chi connectivity index (χ0v) is 13.6. The van der Waals surface area contributed by atoms with Crippen molar-refractivity contribution in [2.45, 2.75) is 32.7 Å². The van der Waals surface area contributed by atoms with Gasteiger partial charge >= 0.3 is 5.97 Å². The fraction of sp³-hybridized carbons (Fsp3) is 0.333. The summed E-state index contributed by atoms with van der Waals surface area (Å²) in [5.74, 6) is -1.45. The Morgan fingerprint density at radius 3 is 2.67 bits per heavy atom. The molecule has 2 aromatic rings. The number of fused-ring (bicyclic) bond motifs is 1. The van der Waals surface area contributed by atoms with Crippen molar-refractivity contribution < 1.29 is 19.1 Å². The van der Waals surface area contributed by atoms with Crippen LogP contribution in [0.5, 0.6) is 0 Å². The second-order valence-electron chi connectivity index (χ2n) is 5.14. The third-order valence-electron chi connectivity index (χ3n) is 3.67. The van der Waals surface area contributed by atoms with Gasteiger partial charge < -0.3 is 14.8 Å². The van der Waals surface area contributed by atoms with Crippen molar-refractivity contribution >= 4 is 38.8 Å². The molecule has 5 nitrogen and oxygen atoms in total. The molecule has 6 heteroatoms. The lowest BCUT2D eigenvalue weighted by atomic mass is 9.99. The van der Waals surface area contributed by atoms with Crippen LogP contribution in [0.2, 0.25) is 0 Å². The highest BCUT2D eigenvalue weighted by molar-refractivity contribution is 9.10. The van der Waals surface area contributed by atoms with Gasteiger partial charge in [-0.3, -0.25) is 4.79 Å². The van der Waals surface area contributed by atoms with Crippen molar-refractivity contribution in [3.8, 4) is 0 Å². The molecule has 1 unspecified atom stereocenters. The first-order valence-corrected chi connectivity index (χ1v) is 7.32. The number of aryl methyl sites for hydroxylation is 1. The molecule has 0 saturated carbocycles. The normalized spacial score (nSPS) is 13.9. The maximum absolute atomic E-state index is 12.3. The zero-order valence-electron chi connectivity index (χ0n) is 12.0. The molecule has 0 aliphatic heterocycles. The highest BCUT2D eigenvalue weighted by atomic mass is 79.9. The average molecular weight is 354 g/mol. The number of rotatable bonds is 4. The van der Waals surface area contributed by atoms with Crippen LogP contribution < -0.4 is 5.32 Å². The number of carbonyl (C=O) groups is 2. The molecule has 1 aromatic carbocycles. The highest BCUT2D eigenvalue weighted by Crippen LogP contribution is 2.28. The minimum absolute atomic E-state index is 0.143. The largest absolute Gasteiger partial charge is 0.480 e. The van der Waals surface area contributed by atoms with E-state index in [2.05, 4.69) is 21.2 Å². The molecular weight excluding hydrogens is 338 g/mol. The Bertz CT molecular complexity index is 722. The minimum atomic E-state index is -1.32.